The molecule has 0 heterocycles. The van der Waals surface area contributed by atoms with Crippen LogP contribution in [0.5, 0.6) is 11.5 Å². The van der Waals surface area contributed by atoms with Crippen LogP contribution in [0, 0.1) is 0 Å². The van der Waals surface area contributed by atoms with Crippen molar-refractivity contribution in [3.05, 3.63) is 58.6 Å². The summed E-state index contributed by atoms with van der Waals surface area (Å²) >= 11 is 6.22. The highest BCUT2D eigenvalue weighted by molar-refractivity contribution is 6.31. The topological polar surface area (TPSA) is 73.9 Å². The quantitative estimate of drug-likeness (QED) is 0.398. The van der Waals surface area contributed by atoms with Gasteiger partial charge in [-0.2, -0.15) is 0 Å². The second kappa shape index (κ2) is 12.8. The van der Waals surface area contributed by atoms with Gasteiger partial charge in [-0.05, 0) is 36.5 Å². The molecule has 1 amide bonds. The molecule has 0 bridgehead atoms. The fraction of sp³-hybridized carbons (Fsp3) is 0.391. The zero-order valence-electron chi connectivity index (χ0n) is 17.4. The van der Waals surface area contributed by atoms with Gasteiger partial charge >= 0.3 is 5.97 Å². The normalized spacial score (nSPS) is 10.4. The number of aryl methyl sites for hydroxylation is 1. The molecule has 162 valence electrons. The molecule has 1 N–H and O–H groups in total. The molecule has 0 aliphatic rings. The number of nitrogens with one attached hydrogen (secondary N) is 1. The van der Waals surface area contributed by atoms with Gasteiger partial charge in [0, 0.05) is 30.5 Å². The summed E-state index contributed by atoms with van der Waals surface area (Å²) in [6.45, 7) is 0.652. The van der Waals surface area contributed by atoms with E-state index in [0.29, 0.717) is 29.5 Å². The highest BCUT2D eigenvalue weighted by Crippen LogP contribution is 2.32. The van der Waals surface area contributed by atoms with Crippen molar-refractivity contribution in [1.82, 2.24) is 5.32 Å². The Labute approximate surface area is 182 Å². The molecule has 0 aliphatic heterocycles. The van der Waals surface area contributed by atoms with E-state index in [-0.39, 0.29) is 31.3 Å². The van der Waals surface area contributed by atoms with Crippen molar-refractivity contribution in [1.29, 1.82) is 0 Å². The monoisotopic (exact) mass is 433 g/mol. The summed E-state index contributed by atoms with van der Waals surface area (Å²) in [6.07, 6.45) is 2.54. The first kappa shape index (κ1) is 23.5. The van der Waals surface area contributed by atoms with E-state index < -0.39 is 0 Å². The van der Waals surface area contributed by atoms with E-state index in [4.69, 9.17) is 25.8 Å². The van der Waals surface area contributed by atoms with Gasteiger partial charge in [-0.1, -0.05) is 41.9 Å². The van der Waals surface area contributed by atoms with Crippen LogP contribution in [0.15, 0.2) is 42.5 Å². The Morgan fingerprint density at radius 2 is 1.67 bits per heavy atom. The minimum Gasteiger partial charge on any atom is -0.493 e. The molecule has 0 radical (unpaired) electrons. The molecule has 0 atom stereocenters. The Hall–Kier alpha value is -2.73. The van der Waals surface area contributed by atoms with E-state index >= 15 is 0 Å². The van der Waals surface area contributed by atoms with E-state index in [1.807, 2.05) is 18.2 Å². The molecule has 2 rings (SSSR count). The number of carbonyl (C=O) groups excluding carboxylic acids is 2. The number of hydrogen-bond donors (Lipinski definition) is 1. The van der Waals surface area contributed by atoms with Crippen LogP contribution in [0.4, 0.5) is 0 Å². The van der Waals surface area contributed by atoms with Crippen LogP contribution in [-0.2, 0) is 27.3 Å². The van der Waals surface area contributed by atoms with E-state index in [0.717, 1.165) is 18.4 Å². The molecule has 0 aliphatic carbocycles. The number of rotatable bonds is 12. The number of methoxy groups -OCH3 is 2. The number of esters is 1. The third kappa shape index (κ3) is 7.95. The van der Waals surface area contributed by atoms with Gasteiger partial charge in [-0.3, -0.25) is 9.59 Å². The van der Waals surface area contributed by atoms with Gasteiger partial charge in [0.1, 0.15) is 0 Å². The fourth-order valence-electron chi connectivity index (χ4n) is 2.89. The lowest BCUT2D eigenvalue weighted by atomic mass is 10.1. The average Bonchev–Trinajstić information content (AvgIpc) is 2.76. The first-order chi connectivity index (χ1) is 14.5. The zero-order valence-corrected chi connectivity index (χ0v) is 18.2. The van der Waals surface area contributed by atoms with Crippen LogP contribution >= 0.6 is 11.6 Å². The summed E-state index contributed by atoms with van der Waals surface area (Å²) in [5.41, 5.74) is 1.94. The second-order valence-corrected chi connectivity index (χ2v) is 7.15. The highest BCUT2D eigenvalue weighted by atomic mass is 35.5. The molecule has 2 aromatic rings. The number of ether oxygens (including phenoxy) is 3. The number of amides is 1. The van der Waals surface area contributed by atoms with Crippen molar-refractivity contribution in [2.75, 3.05) is 20.8 Å². The maximum absolute atomic E-state index is 12.0. The maximum atomic E-state index is 12.0. The van der Waals surface area contributed by atoms with Gasteiger partial charge in [-0.25, -0.2) is 0 Å². The van der Waals surface area contributed by atoms with E-state index in [2.05, 4.69) is 17.4 Å². The number of benzene rings is 2. The molecule has 0 aromatic heterocycles. The summed E-state index contributed by atoms with van der Waals surface area (Å²) < 4.78 is 15.7. The van der Waals surface area contributed by atoms with Gasteiger partial charge in [0.2, 0.25) is 5.91 Å². The molecule has 2 aromatic carbocycles. The van der Waals surface area contributed by atoms with Crippen molar-refractivity contribution in [3.8, 4) is 11.5 Å². The third-order valence-electron chi connectivity index (χ3n) is 4.53. The molecule has 7 heteroatoms. The van der Waals surface area contributed by atoms with Crippen LogP contribution in [0.2, 0.25) is 5.02 Å². The minimum absolute atomic E-state index is 0.155. The summed E-state index contributed by atoms with van der Waals surface area (Å²) in [5.74, 6) is 0.637. The predicted molar refractivity (Wildman–Crippen MR) is 116 cm³/mol. The summed E-state index contributed by atoms with van der Waals surface area (Å²) in [7, 11) is 3.07. The summed E-state index contributed by atoms with van der Waals surface area (Å²) in [4.78, 5) is 23.8. The smallest absolute Gasteiger partial charge is 0.305 e. The number of hydrogen-bond acceptors (Lipinski definition) is 5. The maximum Gasteiger partial charge on any atom is 0.305 e. The van der Waals surface area contributed by atoms with Gasteiger partial charge in [0.15, 0.2) is 11.5 Å². The Kier molecular flexibility index (Phi) is 10.0. The van der Waals surface area contributed by atoms with Gasteiger partial charge in [-0.15, -0.1) is 0 Å². The van der Waals surface area contributed by atoms with Crippen molar-refractivity contribution in [2.24, 2.45) is 0 Å². The van der Waals surface area contributed by atoms with Crippen LogP contribution in [-0.4, -0.2) is 32.7 Å². The number of carbonyl (C=O) groups is 2. The lowest BCUT2D eigenvalue weighted by Crippen LogP contribution is -2.23. The molecule has 0 unspecified atom stereocenters. The number of halogens is 1. The van der Waals surface area contributed by atoms with Crippen molar-refractivity contribution in [3.63, 3.8) is 0 Å². The molecule has 0 saturated heterocycles. The Bertz CT molecular complexity index is 826. The van der Waals surface area contributed by atoms with Gasteiger partial charge in [0.25, 0.3) is 0 Å². The average molecular weight is 434 g/mol. The first-order valence-electron chi connectivity index (χ1n) is 9.90. The fourth-order valence-corrected chi connectivity index (χ4v) is 3.11. The molecule has 0 fully saturated rings. The van der Waals surface area contributed by atoms with Gasteiger partial charge < -0.3 is 19.5 Å². The van der Waals surface area contributed by atoms with Crippen molar-refractivity contribution >= 4 is 23.5 Å². The van der Waals surface area contributed by atoms with E-state index in [1.165, 1.54) is 19.8 Å². The minimum atomic E-state index is -0.279. The van der Waals surface area contributed by atoms with Crippen molar-refractivity contribution in [2.45, 2.75) is 38.6 Å². The molecular formula is C23H28ClNO5. The highest BCUT2D eigenvalue weighted by Gasteiger charge is 2.11. The zero-order chi connectivity index (χ0) is 21.8. The Balaban J connectivity index is 1.62. The molecule has 30 heavy (non-hydrogen) atoms. The predicted octanol–water partition coefficient (Wildman–Crippen LogP) is 4.32. The van der Waals surface area contributed by atoms with Gasteiger partial charge in [0.05, 0.1) is 20.8 Å². The SMILES string of the molecule is COc1cc(Cl)c(CNC(=O)CCCC(=O)OCCCc2ccccc2)cc1OC. The second-order valence-electron chi connectivity index (χ2n) is 6.74. The molecule has 0 spiro atoms. The molecular weight excluding hydrogens is 406 g/mol. The van der Waals surface area contributed by atoms with Crippen LogP contribution in [0.1, 0.15) is 36.8 Å². The standard InChI is InChI=1S/C23H28ClNO5/c1-28-20-14-18(19(24)15-21(20)29-2)16-25-22(26)11-6-12-23(27)30-13-7-10-17-8-4-3-5-9-17/h3-5,8-9,14-15H,6-7,10-13,16H2,1-2H3,(H,25,26). The summed E-state index contributed by atoms with van der Waals surface area (Å²) in [6, 6.07) is 13.4. The Morgan fingerprint density at radius 1 is 0.967 bits per heavy atom. The van der Waals surface area contributed by atoms with Crippen molar-refractivity contribution < 1.29 is 23.8 Å². The lowest BCUT2D eigenvalue weighted by Gasteiger charge is -2.12. The summed E-state index contributed by atoms with van der Waals surface area (Å²) in [5, 5.41) is 3.28. The van der Waals surface area contributed by atoms with E-state index in [1.54, 1.807) is 12.1 Å². The molecule has 6 nitrogen and oxygen atoms in total. The molecule has 0 saturated carbocycles. The van der Waals surface area contributed by atoms with E-state index in [9.17, 15) is 9.59 Å². The first-order valence-corrected chi connectivity index (χ1v) is 10.3. The van der Waals surface area contributed by atoms with Crippen LogP contribution < -0.4 is 14.8 Å². The Morgan fingerprint density at radius 3 is 2.37 bits per heavy atom. The third-order valence-corrected chi connectivity index (χ3v) is 4.88. The largest absolute Gasteiger partial charge is 0.493 e. The van der Waals surface area contributed by atoms with Crippen LogP contribution in [0.3, 0.4) is 0 Å². The lowest BCUT2D eigenvalue weighted by molar-refractivity contribution is -0.143. The van der Waals surface area contributed by atoms with Crippen LogP contribution in [0.25, 0.3) is 0 Å².